The van der Waals surface area contributed by atoms with Gasteiger partial charge in [-0.2, -0.15) is 0 Å². The number of hydrogen-bond donors (Lipinski definition) is 2. The fraction of sp³-hybridized carbons (Fsp3) is 0. The van der Waals surface area contributed by atoms with Crippen molar-refractivity contribution in [3.63, 3.8) is 0 Å². The summed E-state index contributed by atoms with van der Waals surface area (Å²) in [5.41, 5.74) is -0.387. The molecule has 0 bridgehead atoms. The Hall–Kier alpha value is -1.94. The zero-order chi connectivity index (χ0) is 11.4. The van der Waals surface area contributed by atoms with Gasteiger partial charge in [0.05, 0.1) is 5.56 Å². The highest BCUT2D eigenvalue weighted by Gasteiger charge is 2.14. The third-order valence-corrected chi connectivity index (χ3v) is 1.87. The second kappa shape index (κ2) is 4.52. The van der Waals surface area contributed by atoms with Crippen molar-refractivity contribution in [1.29, 1.82) is 0 Å². The molecule has 0 heterocycles. The second-order valence-electron chi connectivity index (χ2n) is 2.49. The average molecular weight is 228 g/mol. The summed E-state index contributed by atoms with van der Waals surface area (Å²) in [5, 5.41) is 17.3. The highest BCUT2D eigenvalue weighted by atomic mass is 31.1. The number of carboxylic acid groups (broad SMARTS) is 2. The molecule has 0 saturated heterocycles. The molecule has 1 rings (SSSR count). The molecule has 0 unspecified atom stereocenters. The molecule has 0 amide bonds. The third kappa shape index (κ3) is 2.51. The van der Waals surface area contributed by atoms with Crippen molar-refractivity contribution in [3.8, 4) is 5.75 Å². The van der Waals surface area contributed by atoms with Gasteiger partial charge in [0, 0.05) is 0 Å². The fourth-order valence-corrected chi connectivity index (χ4v) is 1.18. The number of carbonyl (C=O) groups is 2. The fourth-order valence-electron chi connectivity index (χ4n) is 0.948. The number of aromatic carboxylic acids is 2. The monoisotopic (exact) mass is 228 g/mol. The van der Waals surface area contributed by atoms with Crippen LogP contribution in [0.25, 0.3) is 0 Å². The second-order valence-corrected chi connectivity index (χ2v) is 2.82. The van der Waals surface area contributed by atoms with E-state index in [1.165, 1.54) is 0 Å². The third-order valence-electron chi connectivity index (χ3n) is 1.59. The highest BCUT2D eigenvalue weighted by molar-refractivity contribution is 7.17. The molecule has 1 aromatic rings. The summed E-state index contributed by atoms with van der Waals surface area (Å²) in [4.78, 5) is 21.2. The van der Waals surface area contributed by atoms with Crippen molar-refractivity contribution in [2.24, 2.45) is 0 Å². The van der Waals surface area contributed by atoms with Crippen molar-refractivity contribution in [1.82, 2.24) is 0 Å². The van der Waals surface area contributed by atoms with Gasteiger partial charge in [0.1, 0.15) is 11.3 Å². The molecule has 1 aromatic carbocycles. The molecule has 0 spiro atoms. The lowest BCUT2D eigenvalue weighted by Crippen LogP contribution is -2.02. The lowest BCUT2D eigenvalue weighted by Gasteiger charge is -2.03. The topological polar surface area (TPSA) is 101 Å². The molecule has 2 N–H and O–H groups in total. The molecular formula is C8H5O6P. The molecule has 7 heteroatoms. The van der Waals surface area contributed by atoms with Gasteiger partial charge in [-0.1, -0.05) is 0 Å². The molecule has 0 saturated carbocycles. The molecule has 0 aliphatic carbocycles. The van der Waals surface area contributed by atoms with Crippen LogP contribution in [-0.2, 0) is 4.57 Å². The molecule has 78 valence electrons. The normalized spacial score (nSPS) is 9.87. The van der Waals surface area contributed by atoms with Crippen molar-refractivity contribution >= 4 is 20.6 Å². The standard InChI is InChI=1S/C8H5O6P/c9-7(10)4-1-2-5(8(11)12)6(3-4)14-15-13/h1-3H,(H,9,10)(H,11,12). The Kier molecular flexibility index (Phi) is 3.36. The van der Waals surface area contributed by atoms with Gasteiger partial charge in [0.25, 0.3) is 0 Å². The Morgan fingerprint density at radius 2 is 1.87 bits per heavy atom. The summed E-state index contributed by atoms with van der Waals surface area (Å²) < 4.78 is 14.6. The van der Waals surface area contributed by atoms with E-state index in [0.29, 0.717) is 0 Å². The zero-order valence-corrected chi connectivity index (χ0v) is 8.10. The van der Waals surface area contributed by atoms with Crippen LogP contribution in [0.5, 0.6) is 5.75 Å². The Labute approximate surface area is 85.4 Å². The van der Waals surface area contributed by atoms with Crippen molar-refractivity contribution in [3.05, 3.63) is 29.3 Å². The SMILES string of the molecule is O=POc1cc(C(=O)O)ccc1C(=O)O. The minimum atomic E-state index is -1.29. The van der Waals surface area contributed by atoms with Crippen LogP contribution in [0, 0.1) is 0 Å². The Bertz CT molecular complexity index is 427. The van der Waals surface area contributed by atoms with Gasteiger partial charge in [-0.15, -0.1) is 0 Å². The van der Waals surface area contributed by atoms with Gasteiger partial charge in [-0.25, -0.2) is 14.2 Å². The molecule has 15 heavy (non-hydrogen) atoms. The number of rotatable bonds is 4. The van der Waals surface area contributed by atoms with E-state index in [1.54, 1.807) is 0 Å². The van der Waals surface area contributed by atoms with E-state index in [-0.39, 0.29) is 16.9 Å². The van der Waals surface area contributed by atoms with Crippen LogP contribution in [0.15, 0.2) is 18.2 Å². The van der Waals surface area contributed by atoms with Gasteiger partial charge in [-0.3, -0.25) is 0 Å². The lowest BCUT2D eigenvalue weighted by atomic mass is 10.1. The van der Waals surface area contributed by atoms with Crippen molar-refractivity contribution < 1.29 is 28.9 Å². The van der Waals surface area contributed by atoms with Crippen LogP contribution in [-0.4, -0.2) is 22.2 Å². The van der Waals surface area contributed by atoms with Gasteiger partial charge >= 0.3 is 20.6 Å². The van der Waals surface area contributed by atoms with E-state index >= 15 is 0 Å². The zero-order valence-electron chi connectivity index (χ0n) is 7.21. The van der Waals surface area contributed by atoms with E-state index in [4.69, 9.17) is 10.2 Å². The molecule has 0 atom stereocenters. The van der Waals surface area contributed by atoms with E-state index < -0.39 is 20.6 Å². The summed E-state index contributed by atoms with van der Waals surface area (Å²) in [6.45, 7) is 0. The quantitative estimate of drug-likeness (QED) is 0.760. The maximum Gasteiger partial charge on any atom is 0.395 e. The first-order valence-corrected chi connectivity index (χ1v) is 4.39. The number of carboxylic acids is 2. The summed E-state index contributed by atoms with van der Waals surface area (Å²) in [5.74, 6) is -2.76. The largest absolute Gasteiger partial charge is 0.478 e. The Morgan fingerprint density at radius 1 is 1.20 bits per heavy atom. The Morgan fingerprint density at radius 3 is 2.33 bits per heavy atom. The first-order valence-electron chi connectivity index (χ1n) is 3.66. The molecule has 0 radical (unpaired) electrons. The van der Waals surface area contributed by atoms with Gasteiger partial charge in [-0.05, 0) is 18.2 Å². The molecular weight excluding hydrogens is 223 g/mol. The summed E-state index contributed by atoms with van der Waals surface area (Å²) in [6, 6.07) is 3.20. The van der Waals surface area contributed by atoms with Gasteiger partial charge < -0.3 is 14.7 Å². The molecule has 0 fully saturated rings. The predicted molar refractivity (Wildman–Crippen MR) is 48.6 cm³/mol. The molecule has 6 nitrogen and oxygen atoms in total. The van der Waals surface area contributed by atoms with Crippen LogP contribution >= 0.6 is 8.69 Å². The van der Waals surface area contributed by atoms with Gasteiger partial charge in [0.15, 0.2) is 0 Å². The van der Waals surface area contributed by atoms with E-state index in [1.807, 2.05) is 0 Å². The summed E-state index contributed by atoms with van der Waals surface area (Å²) in [7, 11) is -0.746. The molecule has 0 aromatic heterocycles. The van der Waals surface area contributed by atoms with Crippen LogP contribution in [0.2, 0.25) is 0 Å². The average Bonchev–Trinajstić information content (AvgIpc) is 2.17. The number of hydrogen-bond acceptors (Lipinski definition) is 4. The highest BCUT2D eigenvalue weighted by Crippen LogP contribution is 2.23. The first kappa shape index (κ1) is 11.1. The minimum absolute atomic E-state index is 0.140. The van der Waals surface area contributed by atoms with Crippen molar-refractivity contribution in [2.45, 2.75) is 0 Å². The van der Waals surface area contributed by atoms with E-state index in [2.05, 4.69) is 4.52 Å². The Balaban J connectivity index is 3.25. The van der Waals surface area contributed by atoms with Crippen LogP contribution in [0.1, 0.15) is 20.7 Å². The van der Waals surface area contributed by atoms with Crippen molar-refractivity contribution in [2.75, 3.05) is 0 Å². The van der Waals surface area contributed by atoms with Crippen LogP contribution in [0.4, 0.5) is 0 Å². The van der Waals surface area contributed by atoms with Crippen LogP contribution in [0.3, 0.4) is 0 Å². The maximum absolute atomic E-state index is 10.6. The molecule has 0 aliphatic rings. The summed E-state index contributed by atoms with van der Waals surface area (Å²) in [6.07, 6.45) is 0. The maximum atomic E-state index is 10.6. The number of benzene rings is 1. The minimum Gasteiger partial charge on any atom is -0.478 e. The smallest absolute Gasteiger partial charge is 0.395 e. The lowest BCUT2D eigenvalue weighted by molar-refractivity contribution is 0.0679. The van der Waals surface area contributed by atoms with E-state index in [9.17, 15) is 14.2 Å². The van der Waals surface area contributed by atoms with E-state index in [0.717, 1.165) is 18.2 Å². The predicted octanol–water partition coefficient (Wildman–Crippen LogP) is 1.67. The first-order chi connectivity index (χ1) is 7.06. The molecule has 0 aliphatic heterocycles. The van der Waals surface area contributed by atoms with Crippen LogP contribution < -0.4 is 4.52 Å². The summed E-state index contributed by atoms with van der Waals surface area (Å²) >= 11 is 0. The van der Waals surface area contributed by atoms with Gasteiger partial charge in [0.2, 0.25) is 0 Å².